The van der Waals surface area contributed by atoms with Crippen molar-refractivity contribution in [1.29, 1.82) is 0 Å². The summed E-state index contributed by atoms with van der Waals surface area (Å²) in [7, 11) is 1.61. The van der Waals surface area contributed by atoms with Gasteiger partial charge in [0.15, 0.2) is 0 Å². The smallest absolute Gasteiger partial charge is 0.123 e. The summed E-state index contributed by atoms with van der Waals surface area (Å²) in [5, 5.41) is 0. The zero-order valence-electron chi connectivity index (χ0n) is 8.16. The second-order valence-electron chi connectivity index (χ2n) is 3.69. The first kappa shape index (κ1) is 9.62. The Morgan fingerprint density at radius 2 is 2.00 bits per heavy atom. The Hall–Kier alpha value is -0.930. The van der Waals surface area contributed by atoms with E-state index in [1.54, 1.807) is 7.11 Å². The number of halogens is 1. The average molecular weight is 195 g/mol. The van der Waals surface area contributed by atoms with Gasteiger partial charge in [-0.3, -0.25) is 0 Å². The first-order valence-electron chi connectivity index (χ1n) is 4.85. The monoisotopic (exact) mass is 195 g/mol. The Balaban J connectivity index is 2.13. The van der Waals surface area contributed by atoms with Crippen LogP contribution in [0.3, 0.4) is 0 Å². The topological polar surface area (TPSA) is 21.3 Å². The highest BCUT2D eigenvalue weighted by atomic mass is 19.1. The molecule has 14 heavy (non-hydrogen) atoms. The first-order valence-corrected chi connectivity index (χ1v) is 4.85. The molecule has 0 amide bonds. The minimum absolute atomic E-state index is 0.194. The van der Waals surface area contributed by atoms with E-state index in [2.05, 4.69) is 5.48 Å². The number of hydroxylamine groups is 1. The Morgan fingerprint density at radius 3 is 2.50 bits per heavy atom. The molecule has 1 unspecified atom stereocenters. The highest BCUT2D eigenvalue weighted by molar-refractivity contribution is 5.21. The zero-order chi connectivity index (χ0) is 9.97. The van der Waals surface area contributed by atoms with Crippen LogP contribution >= 0.6 is 0 Å². The minimum atomic E-state index is -0.194. The Morgan fingerprint density at radius 1 is 1.36 bits per heavy atom. The van der Waals surface area contributed by atoms with Gasteiger partial charge in [-0.05, 0) is 36.5 Å². The third kappa shape index (κ3) is 2.11. The lowest BCUT2D eigenvalue weighted by Crippen LogP contribution is -2.21. The lowest BCUT2D eigenvalue weighted by Gasteiger charge is -2.16. The largest absolute Gasteiger partial charge is 0.305 e. The number of benzene rings is 1. The van der Waals surface area contributed by atoms with Crippen LogP contribution in [0.25, 0.3) is 0 Å². The van der Waals surface area contributed by atoms with Crippen LogP contribution in [0.5, 0.6) is 0 Å². The maximum absolute atomic E-state index is 12.7. The fraction of sp³-hybridized carbons (Fsp3) is 0.455. The fourth-order valence-electron chi connectivity index (χ4n) is 1.66. The number of hydrogen-bond donors (Lipinski definition) is 1. The van der Waals surface area contributed by atoms with Gasteiger partial charge < -0.3 is 4.84 Å². The number of nitrogens with one attached hydrogen (secondary N) is 1. The summed E-state index contributed by atoms with van der Waals surface area (Å²) in [5.74, 6) is 0.445. The highest BCUT2D eigenvalue weighted by Gasteiger charge is 2.32. The van der Waals surface area contributed by atoms with Crippen LogP contribution in [0.1, 0.15) is 24.4 Å². The van der Waals surface area contributed by atoms with Crippen LogP contribution in [0, 0.1) is 11.7 Å². The molecule has 1 atom stereocenters. The number of rotatable bonds is 4. The van der Waals surface area contributed by atoms with Crippen LogP contribution in [-0.2, 0) is 4.84 Å². The molecule has 2 nitrogen and oxygen atoms in total. The highest BCUT2D eigenvalue weighted by Crippen LogP contribution is 2.40. The van der Waals surface area contributed by atoms with E-state index in [9.17, 15) is 4.39 Å². The summed E-state index contributed by atoms with van der Waals surface area (Å²) in [5.41, 5.74) is 4.05. The van der Waals surface area contributed by atoms with Crippen molar-refractivity contribution < 1.29 is 9.23 Å². The summed E-state index contributed by atoms with van der Waals surface area (Å²) >= 11 is 0. The van der Waals surface area contributed by atoms with Crippen molar-refractivity contribution in [3.63, 3.8) is 0 Å². The summed E-state index contributed by atoms with van der Waals surface area (Å²) in [6.07, 6.45) is 2.44. The second-order valence-corrected chi connectivity index (χ2v) is 3.69. The first-order chi connectivity index (χ1) is 6.81. The third-order valence-electron chi connectivity index (χ3n) is 2.57. The van der Waals surface area contributed by atoms with Crippen LogP contribution < -0.4 is 5.48 Å². The van der Waals surface area contributed by atoms with Crippen LogP contribution in [0.2, 0.25) is 0 Å². The molecular weight excluding hydrogens is 181 g/mol. The van der Waals surface area contributed by atoms with Crippen LogP contribution in [0.15, 0.2) is 24.3 Å². The molecule has 0 radical (unpaired) electrons. The summed E-state index contributed by atoms with van der Waals surface area (Å²) < 4.78 is 12.7. The van der Waals surface area contributed by atoms with Crippen molar-refractivity contribution in [2.75, 3.05) is 7.11 Å². The predicted octanol–water partition coefficient (Wildman–Crippen LogP) is 2.43. The number of hydrogen-bond acceptors (Lipinski definition) is 2. The SMILES string of the molecule is CONC(c1ccc(F)cc1)C1CC1. The average Bonchev–Trinajstić information content (AvgIpc) is 2.99. The van der Waals surface area contributed by atoms with E-state index >= 15 is 0 Å². The molecule has 0 aromatic heterocycles. The maximum atomic E-state index is 12.7. The zero-order valence-corrected chi connectivity index (χ0v) is 8.16. The van der Waals surface area contributed by atoms with Gasteiger partial charge in [0.2, 0.25) is 0 Å². The molecular formula is C11H14FNO. The van der Waals surface area contributed by atoms with Gasteiger partial charge in [0, 0.05) is 0 Å². The van der Waals surface area contributed by atoms with Gasteiger partial charge in [-0.2, -0.15) is 5.48 Å². The lowest BCUT2D eigenvalue weighted by molar-refractivity contribution is 0.0536. The van der Waals surface area contributed by atoms with Gasteiger partial charge in [-0.15, -0.1) is 0 Å². The van der Waals surface area contributed by atoms with E-state index in [1.165, 1.54) is 25.0 Å². The van der Waals surface area contributed by atoms with Gasteiger partial charge >= 0.3 is 0 Å². The van der Waals surface area contributed by atoms with Crippen molar-refractivity contribution >= 4 is 0 Å². The molecule has 1 aliphatic carbocycles. The quantitative estimate of drug-likeness (QED) is 0.745. The van der Waals surface area contributed by atoms with E-state index in [1.807, 2.05) is 12.1 Å². The van der Waals surface area contributed by atoms with E-state index in [0.29, 0.717) is 5.92 Å². The van der Waals surface area contributed by atoms with Crippen molar-refractivity contribution in [2.24, 2.45) is 5.92 Å². The molecule has 0 saturated heterocycles. The van der Waals surface area contributed by atoms with Gasteiger partial charge in [0.1, 0.15) is 5.82 Å². The fourth-order valence-corrected chi connectivity index (χ4v) is 1.66. The molecule has 1 N–H and O–H groups in total. The Bertz CT molecular complexity index is 295. The molecule has 76 valence electrons. The van der Waals surface area contributed by atoms with Crippen molar-refractivity contribution in [1.82, 2.24) is 5.48 Å². The van der Waals surface area contributed by atoms with Gasteiger partial charge in [0.05, 0.1) is 13.2 Å². The predicted molar refractivity (Wildman–Crippen MR) is 52.0 cm³/mol. The van der Waals surface area contributed by atoms with E-state index in [4.69, 9.17) is 4.84 Å². The summed E-state index contributed by atoms with van der Waals surface area (Å²) in [4.78, 5) is 4.95. The van der Waals surface area contributed by atoms with Gasteiger partial charge in [-0.25, -0.2) is 4.39 Å². The van der Waals surface area contributed by atoms with Crippen LogP contribution in [-0.4, -0.2) is 7.11 Å². The summed E-state index contributed by atoms with van der Waals surface area (Å²) in [6.45, 7) is 0. The molecule has 1 aromatic rings. The molecule has 2 rings (SSSR count). The molecule has 1 aromatic carbocycles. The Kier molecular flexibility index (Phi) is 2.79. The van der Waals surface area contributed by atoms with Crippen LogP contribution in [0.4, 0.5) is 4.39 Å². The normalized spacial score (nSPS) is 18.1. The molecule has 1 fully saturated rings. The molecule has 1 aliphatic rings. The molecule has 0 aliphatic heterocycles. The van der Waals surface area contributed by atoms with E-state index in [0.717, 1.165) is 5.56 Å². The lowest BCUT2D eigenvalue weighted by atomic mass is 10.0. The summed E-state index contributed by atoms with van der Waals surface area (Å²) in [6, 6.07) is 6.80. The maximum Gasteiger partial charge on any atom is 0.123 e. The van der Waals surface area contributed by atoms with Crippen molar-refractivity contribution in [3.8, 4) is 0 Å². The van der Waals surface area contributed by atoms with E-state index in [-0.39, 0.29) is 11.9 Å². The minimum Gasteiger partial charge on any atom is -0.305 e. The van der Waals surface area contributed by atoms with Gasteiger partial charge in [-0.1, -0.05) is 12.1 Å². The molecule has 3 heteroatoms. The molecule has 0 heterocycles. The van der Waals surface area contributed by atoms with Gasteiger partial charge in [0.25, 0.3) is 0 Å². The standard InChI is InChI=1S/C11H14FNO/c1-14-13-11(8-2-3-8)9-4-6-10(12)7-5-9/h4-8,11,13H,2-3H2,1H3. The molecule has 0 spiro atoms. The Labute approximate surface area is 83.0 Å². The molecule has 1 saturated carbocycles. The second kappa shape index (κ2) is 4.07. The van der Waals surface area contributed by atoms with E-state index < -0.39 is 0 Å². The van der Waals surface area contributed by atoms with Crippen molar-refractivity contribution in [2.45, 2.75) is 18.9 Å². The molecule has 0 bridgehead atoms. The van der Waals surface area contributed by atoms with Crippen molar-refractivity contribution in [3.05, 3.63) is 35.6 Å². The third-order valence-corrected chi connectivity index (χ3v) is 2.57.